The molecule has 0 aromatic heterocycles. The van der Waals surface area contributed by atoms with Gasteiger partial charge < -0.3 is 144 Å². The molecular weight excluding hydrogens is 1670 g/mol. The summed E-state index contributed by atoms with van der Waals surface area (Å²) in [5, 5.41) is 88.1. The molecule has 0 atom stereocenters. The molecule has 0 saturated carbocycles. The number of rotatable bonds is 29. The first-order valence-corrected chi connectivity index (χ1v) is 35.1. The number of carboxylic acid groups (broad SMARTS) is 7. The molecule has 8 amide bonds. The molecule has 0 spiro atoms. The molecule has 0 aliphatic carbocycles. The number of amides is 8. The third-order valence-electron chi connectivity index (χ3n) is 13.2. The van der Waals surface area contributed by atoms with Crippen LogP contribution in [-0.2, 0) is 99.2 Å². The summed E-state index contributed by atoms with van der Waals surface area (Å²) >= 11 is 5.28. The monoisotopic (exact) mass is 1760 g/mol. The molecular formula is C81H88ClN16NaO26. The Balaban J connectivity index is 0. The third-order valence-corrected chi connectivity index (χ3v) is 13.4. The van der Waals surface area contributed by atoms with E-state index in [0.29, 0.717) is 113 Å². The molecule has 125 heavy (non-hydrogen) atoms. The number of hydrogen-bond acceptors (Lipinski definition) is 28. The summed E-state index contributed by atoms with van der Waals surface area (Å²) in [7, 11) is 2.42. The van der Waals surface area contributed by atoms with Gasteiger partial charge in [0.05, 0.1) is 32.3 Å². The van der Waals surface area contributed by atoms with E-state index >= 15 is 0 Å². The molecule has 0 saturated heterocycles. The van der Waals surface area contributed by atoms with E-state index in [1.807, 2.05) is 18.2 Å². The van der Waals surface area contributed by atoms with Crippen LogP contribution < -0.4 is 123 Å². The molecule has 0 unspecified atom stereocenters. The summed E-state index contributed by atoms with van der Waals surface area (Å²) < 4.78 is 8.86. The number of aliphatic hydroxyl groups is 1. The zero-order chi connectivity index (χ0) is 93.7. The number of carbonyl (C=O) groups is 16. The van der Waals surface area contributed by atoms with Crippen LogP contribution in [0.1, 0.15) is 11.1 Å². The van der Waals surface area contributed by atoms with Gasteiger partial charge in [0.2, 0.25) is 47.0 Å². The number of anilines is 12. The first-order chi connectivity index (χ1) is 58.5. The molecule has 31 N–H and O–H groups in total. The molecule has 0 radical (unpaired) electrons. The molecule has 656 valence electrons. The minimum Gasteiger partial charge on any atom is -0.545 e. The van der Waals surface area contributed by atoms with Crippen LogP contribution in [0.3, 0.4) is 0 Å². The molecule has 0 aliphatic rings. The van der Waals surface area contributed by atoms with E-state index in [1.54, 1.807) is 152 Å². The summed E-state index contributed by atoms with van der Waals surface area (Å²) in [6.07, 6.45) is 11.8. The minimum absolute atomic E-state index is 0. The second-order valence-electron chi connectivity index (χ2n) is 23.0. The number of carbonyl (C=O) groups excluding carboxylic acids is 10. The van der Waals surface area contributed by atoms with Gasteiger partial charge in [-0.1, -0.05) is 35.9 Å². The van der Waals surface area contributed by atoms with E-state index in [1.165, 1.54) is 14.2 Å². The van der Waals surface area contributed by atoms with Crippen LogP contribution in [0.25, 0.3) is 0 Å². The predicted octanol–water partition coefficient (Wildman–Crippen LogP) is 0.419. The van der Waals surface area contributed by atoms with Gasteiger partial charge in [0.1, 0.15) is 5.03 Å². The Morgan fingerprint density at radius 1 is 0.352 bits per heavy atom. The standard InChI is InChI=1S/C12H14N2O3.C11H12N2O4.2C11H12N2O3.C10H9ClN2O3.C10H10N2O4.C10H10N2O3.C6H10N2O3.Na/c13-10-3-1-9(2-4-10)7-8-14-11(15)5-6-12(16)17;1-17-9(11(15)16)6-10(14)13-8-4-2-7(12)3-5-8;1-16-11(15)7-6-10(14)13-9-4-2-8(12)3-5-9;12-7-8-2-1-3-9(6-8)13-10(14)4-5-11(15)16;11-8(10(15)16)5-9(14)13-7-3-1-6(12)2-4-7;11-6-1-3-7(4-2-6)12-9(14)5-8(13)10(15)16;11-7-1-3-8(4-2-7)12-9(13)5-6-10(14)15;7-3-4-8-5(9)1-2-6(10)11;/h1-6H,7-8,13H2,(H,14,15)(H,16,17);2-6H,12H2,1H3,(H,13,14)(H,15,16);2-7H,12H2,1H3,(H,13,14);1-6H,7,12H2,(H,13,14)(H,15,16);1-5H,12H2,(H,13,14)(H,15,16);1-5,13H,11H2,(H,12,14)(H,15,16);1-6H,11H2,(H,12,13)(H,14,15);1-2H,3-4,7H2,(H,8,9)(H,10,11);/q;;;;;;;;+1/p-1/b6-5+;9-6-;7-6+;5-4+;2*8-5-;6-5+;2-1+;. The fourth-order valence-electron chi connectivity index (χ4n) is 7.51. The Hall–Kier alpha value is -16.4. The molecule has 7 aromatic carbocycles. The van der Waals surface area contributed by atoms with Crippen LogP contribution in [0, 0.1) is 0 Å². The summed E-state index contributed by atoms with van der Waals surface area (Å²) in [5.74, 6) is -15.3. The average Bonchev–Trinajstić information content (AvgIpc) is 0.955. The average molecular weight is 1760 g/mol. The minimum atomic E-state index is -1.56. The van der Waals surface area contributed by atoms with Gasteiger partial charge in [0.25, 0.3) is 11.8 Å². The number of nitrogens with one attached hydrogen (secondary N) is 8. The molecule has 0 fully saturated rings. The molecule has 7 aromatic rings. The maximum absolute atomic E-state index is 11.4. The third kappa shape index (κ3) is 59.0. The van der Waals surface area contributed by atoms with Gasteiger partial charge in [-0.15, -0.1) is 0 Å². The number of nitrogen functional groups attached to an aromatic ring is 6. The van der Waals surface area contributed by atoms with Crippen molar-refractivity contribution in [1.82, 2.24) is 10.6 Å². The molecule has 42 nitrogen and oxygen atoms in total. The number of halogens is 1. The molecule has 44 heteroatoms. The van der Waals surface area contributed by atoms with Crippen molar-refractivity contribution < 1.29 is 157 Å². The maximum atomic E-state index is 11.4. The van der Waals surface area contributed by atoms with Gasteiger partial charge in [0.15, 0.2) is 0 Å². The summed E-state index contributed by atoms with van der Waals surface area (Å²) in [6, 6.07) is 46.6. The predicted molar refractivity (Wildman–Crippen MR) is 458 cm³/mol. The Labute approximate surface area is 739 Å². The summed E-state index contributed by atoms with van der Waals surface area (Å²) in [6.45, 7) is 1.52. The van der Waals surface area contributed by atoms with E-state index in [4.69, 9.17) is 93.2 Å². The SMILES string of the molecule is CO/C(=C\C(=O)Nc1ccc(N)cc1)C(=O)O.COC(=O)/C=C/C(=O)Nc1ccc(N)cc1.NCCNC(=O)/C=C/C(=O)O.NCc1cccc(NC(=O)/C=C/C(=O)O)c1.Nc1ccc(CCNC(=O)/C=C/C(=O)O)cc1.Nc1ccc(NC(=O)/C=C(\Cl)C(=O)O)cc1.Nc1ccc(NC(=O)/C=C(\O)C(=O)O)cc1.Nc1ccc(NC(=O)/C=C/C(=O)[O-])cc1.[Na+]. The van der Waals surface area contributed by atoms with E-state index < -0.39 is 112 Å². The normalized spacial score (nSPS) is 10.4. The van der Waals surface area contributed by atoms with Crippen LogP contribution in [0.5, 0.6) is 0 Å². The van der Waals surface area contributed by atoms with E-state index in [9.17, 15) is 81.8 Å². The Morgan fingerprint density at radius 2 is 0.672 bits per heavy atom. The number of carboxylic acids is 7. The van der Waals surface area contributed by atoms with E-state index in [-0.39, 0.29) is 29.6 Å². The van der Waals surface area contributed by atoms with Crippen molar-refractivity contribution in [2.75, 3.05) is 100 Å². The molecule has 7 rings (SSSR count). The number of hydrogen-bond donors (Lipinski definition) is 23. The Morgan fingerprint density at radius 3 is 0.992 bits per heavy atom. The van der Waals surface area contributed by atoms with Crippen molar-refractivity contribution in [3.8, 4) is 0 Å². The van der Waals surface area contributed by atoms with Gasteiger partial charge >= 0.3 is 71.3 Å². The quantitative estimate of drug-likeness (QED) is 0.00993. The first-order valence-electron chi connectivity index (χ1n) is 34.7. The van der Waals surface area contributed by atoms with E-state index in [0.717, 1.165) is 78.0 Å². The fourth-order valence-corrected chi connectivity index (χ4v) is 7.61. The number of methoxy groups -OCH3 is 2. The number of esters is 1. The molecule has 0 aliphatic heterocycles. The molecule has 0 heterocycles. The van der Waals surface area contributed by atoms with Crippen LogP contribution >= 0.6 is 11.6 Å². The number of nitrogens with two attached hydrogens (primary N) is 8. The van der Waals surface area contributed by atoms with Gasteiger partial charge in [-0.2, -0.15) is 0 Å². The second kappa shape index (κ2) is 63.6. The second-order valence-corrected chi connectivity index (χ2v) is 23.4. The number of aliphatic carboxylic acids is 7. The van der Waals surface area contributed by atoms with Crippen molar-refractivity contribution >= 4 is 175 Å². The van der Waals surface area contributed by atoms with Gasteiger partial charge in [-0.05, 0) is 169 Å². The Kier molecular flexibility index (Phi) is 56.3. The topological polar surface area (TPSA) is 761 Å². The van der Waals surface area contributed by atoms with Crippen LogP contribution in [0.2, 0.25) is 0 Å². The molecule has 0 bridgehead atoms. The van der Waals surface area contributed by atoms with Crippen LogP contribution in [0.4, 0.5) is 68.2 Å². The van der Waals surface area contributed by atoms with Crippen molar-refractivity contribution in [2.45, 2.75) is 13.0 Å². The van der Waals surface area contributed by atoms with Gasteiger partial charge in [-0.25, -0.2) is 33.6 Å². The van der Waals surface area contributed by atoms with Gasteiger partial charge in [0, 0.05) is 155 Å². The Bertz CT molecular complexity index is 4940. The van der Waals surface area contributed by atoms with Crippen LogP contribution in [-0.4, -0.2) is 165 Å². The smallest absolute Gasteiger partial charge is 0.545 e. The number of benzene rings is 7. The maximum Gasteiger partial charge on any atom is 1.00 e. The largest absolute Gasteiger partial charge is 1.00 e. The summed E-state index contributed by atoms with van der Waals surface area (Å²) in [4.78, 5) is 171. The number of ether oxygens (including phenoxy) is 2. The van der Waals surface area contributed by atoms with Gasteiger partial charge in [-0.3, -0.25) is 38.4 Å². The van der Waals surface area contributed by atoms with Crippen LogP contribution in [0.15, 0.2) is 265 Å². The summed E-state index contributed by atoms with van der Waals surface area (Å²) in [5.41, 5.74) is 52.1. The zero-order valence-corrected chi connectivity index (χ0v) is 69.3. The number of aliphatic hydroxyl groups excluding tert-OH is 1. The van der Waals surface area contributed by atoms with Crippen molar-refractivity contribution in [1.29, 1.82) is 0 Å². The van der Waals surface area contributed by atoms with Crippen molar-refractivity contribution in [3.05, 3.63) is 277 Å². The fraction of sp³-hybridized carbons (Fsp3) is 0.0864. The van der Waals surface area contributed by atoms with Crippen molar-refractivity contribution in [2.24, 2.45) is 11.5 Å². The first kappa shape index (κ1) is 111. The van der Waals surface area contributed by atoms with E-state index in [2.05, 4.69) is 52.0 Å². The zero-order valence-electron chi connectivity index (χ0n) is 66.6. The van der Waals surface area contributed by atoms with Crippen molar-refractivity contribution in [3.63, 3.8) is 0 Å².